The number of aryl methyl sites for hydroxylation is 1. The van der Waals surface area contributed by atoms with Crippen LogP contribution < -0.4 is 0 Å². The fourth-order valence-corrected chi connectivity index (χ4v) is 3.26. The number of fused-ring (bicyclic) bond motifs is 1. The van der Waals surface area contributed by atoms with Gasteiger partial charge in [0.05, 0.1) is 0 Å². The van der Waals surface area contributed by atoms with Crippen molar-refractivity contribution >= 4 is 19.2 Å². The summed E-state index contributed by atoms with van der Waals surface area (Å²) in [6.45, 7) is 12.4. The van der Waals surface area contributed by atoms with E-state index in [1.165, 1.54) is 16.5 Å². The molecule has 2 rings (SSSR count). The zero-order chi connectivity index (χ0) is 14.8. The van der Waals surface area contributed by atoms with Crippen LogP contribution in [0, 0.1) is 0 Å². The molecule has 0 unspecified atom stereocenters. The lowest BCUT2D eigenvalue weighted by atomic mass is 10.1. The SMILES string of the molecule is CC(C)(C)[Si](C)(C)OCCCc1cccc2[nH]ccc12. The highest BCUT2D eigenvalue weighted by atomic mass is 28.4. The van der Waals surface area contributed by atoms with Crippen LogP contribution in [0.3, 0.4) is 0 Å². The van der Waals surface area contributed by atoms with Crippen LogP contribution in [0.4, 0.5) is 0 Å². The molecule has 0 aliphatic carbocycles. The molecule has 1 aromatic heterocycles. The molecule has 0 saturated carbocycles. The molecule has 0 aliphatic rings. The summed E-state index contributed by atoms with van der Waals surface area (Å²) < 4.78 is 6.24. The zero-order valence-electron chi connectivity index (χ0n) is 13.4. The second-order valence-electron chi connectivity index (χ2n) is 7.07. The molecule has 110 valence electrons. The van der Waals surface area contributed by atoms with E-state index in [9.17, 15) is 0 Å². The van der Waals surface area contributed by atoms with E-state index in [1.54, 1.807) is 0 Å². The molecule has 0 atom stereocenters. The first kappa shape index (κ1) is 15.3. The van der Waals surface area contributed by atoms with Gasteiger partial charge in [-0.1, -0.05) is 32.9 Å². The van der Waals surface area contributed by atoms with E-state index in [2.05, 4.69) is 63.1 Å². The summed E-state index contributed by atoms with van der Waals surface area (Å²) in [4.78, 5) is 3.27. The lowest BCUT2D eigenvalue weighted by Crippen LogP contribution is -2.41. The number of hydrogen-bond acceptors (Lipinski definition) is 1. The molecule has 0 aliphatic heterocycles. The predicted molar refractivity (Wildman–Crippen MR) is 89.8 cm³/mol. The van der Waals surface area contributed by atoms with Crippen molar-refractivity contribution in [1.29, 1.82) is 0 Å². The van der Waals surface area contributed by atoms with E-state index < -0.39 is 8.32 Å². The van der Waals surface area contributed by atoms with Crippen molar-refractivity contribution in [1.82, 2.24) is 4.98 Å². The third kappa shape index (κ3) is 3.33. The van der Waals surface area contributed by atoms with Crippen LogP contribution >= 0.6 is 0 Å². The van der Waals surface area contributed by atoms with E-state index in [-0.39, 0.29) is 0 Å². The number of rotatable bonds is 5. The molecular weight excluding hydrogens is 262 g/mol. The summed E-state index contributed by atoms with van der Waals surface area (Å²) >= 11 is 0. The van der Waals surface area contributed by atoms with E-state index in [0.29, 0.717) is 5.04 Å². The van der Waals surface area contributed by atoms with Crippen LogP contribution in [0.15, 0.2) is 30.5 Å². The van der Waals surface area contributed by atoms with Crippen LogP contribution in [0.2, 0.25) is 18.1 Å². The molecule has 1 aromatic carbocycles. The molecule has 0 saturated heterocycles. The summed E-state index contributed by atoms with van der Waals surface area (Å²) in [5, 5.41) is 1.65. The van der Waals surface area contributed by atoms with Gasteiger partial charge in [0.15, 0.2) is 8.32 Å². The molecule has 2 aromatic rings. The molecular formula is C17H27NOSi. The average molecular weight is 289 g/mol. The Morgan fingerprint density at radius 2 is 1.90 bits per heavy atom. The first-order valence-electron chi connectivity index (χ1n) is 7.50. The maximum Gasteiger partial charge on any atom is 0.191 e. The van der Waals surface area contributed by atoms with Gasteiger partial charge in [0, 0.05) is 23.7 Å². The average Bonchev–Trinajstić information content (AvgIpc) is 2.82. The van der Waals surface area contributed by atoms with Gasteiger partial charge in [-0.25, -0.2) is 0 Å². The second-order valence-corrected chi connectivity index (χ2v) is 11.9. The highest BCUT2D eigenvalue weighted by Gasteiger charge is 2.36. The van der Waals surface area contributed by atoms with Crippen molar-refractivity contribution in [3.8, 4) is 0 Å². The lowest BCUT2D eigenvalue weighted by Gasteiger charge is -2.36. The highest BCUT2D eigenvalue weighted by Crippen LogP contribution is 2.36. The van der Waals surface area contributed by atoms with Crippen molar-refractivity contribution in [3.63, 3.8) is 0 Å². The van der Waals surface area contributed by atoms with E-state index >= 15 is 0 Å². The molecule has 3 heteroatoms. The van der Waals surface area contributed by atoms with Crippen molar-refractivity contribution in [3.05, 3.63) is 36.0 Å². The van der Waals surface area contributed by atoms with E-state index in [4.69, 9.17) is 4.43 Å². The Labute approximate surface area is 123 Å². The number of hydrogen-bond donors (Lipinski definition) is 1. The Morgan fingerprint density at radius 3 is 2.60 bits per heavy atom. The summed E-state index contributed by atoms with van der Waals surface area (Å²) in [5.74, 6) is 0. The van der Waals surface area contributed by atoms with Gasteiger partial charge in [-0.2, -0.15) is 0 Å². The number of aromatic nitrogens is 1. The monoisotopic (exact) mass is 289 g/mol. The maximum absolute atomic E-state index is 6.24. The molecule has 1 N–H and O–H groups in total. The fraction of sp³-hybridized carbons (Fsp3) is 0.529. The molecule has 0 radical (unpaired) electrons. The molecule has 1 heterocycles. The molecule has 2 nitrogen and oxygen atoms in total. The van der Waals surface area contributed by atoms with Gasteiger partial charge in [0.25, 0.3) is 0 Å². The highest BCUT2D eigenvalue weighted by molar-refractivity contribution is 6.74. The van der Waals surface area contributed by atoms with Crippen LogP contribution in [-0.4, -0.2) is 19.9 Å². The number of H-pyrrole nitrogens is 1. The van der Waals surface area contributed by atoms with Gasteiger partial charge >= 0.3 is 0 Å². The fourth-order valence-electron chi connectivity index (χ4n) is 2.17. The largest absolute Gasteiger partial charge is 0.417 e. The number of nitrogens with one attached hydrogen (secondary N) is 1. The third-order valence-electron chi connectivity index (χ3n) is 4.54. The third-order valence-corrected chi connectivity index (χ3v) is 9.08. The van der Waals surface area contributed by atoms with Crippen molar-refractivity contribution in [2.75, 3.05) is 6.61 Å². The van der Waals surface area contributed by atoms with E-state index in [0.717, 1.165) is 19.4 Å². The minimum Gasteiger partial charge on any atom is -0.417 e. The minimum absolute atomic E-state index is 0.299. The minimum atomic E-state index is -1.59. The molecule has 0 fully saturated rings. The van der Waals surface area contributed by atoms with Gasteiger partial charge in [0.1, 0.15) is 0 Å². The predicted octanol–water partition coefficient (Wildman–Crippen LogP) is 5.12. The van der Waals surface area contributed by atoms with Gasteiger partial charge in [-0.3, -0.25) is 0 Å². The first-order valence-corrected chi connectivity index (χ1v) is 10.4. The Bertz CT molecular complexity index is 566. The van der Waals surface area contributed by atoms with Crippen LogP contribution in [-0.2, 0) is 10.8 Å². The lowest BCUT2D eigenvalue weighted by molar-refractivity contribution is 0.282. The van der Waals surface area contributed by atoms with Crippen molar-refractivity contribution in [2.24, 2.45) is 0 Å². The normalized spacial score (nSPS) is 13.1. The summed E-state index contributed by atoms with van der Waals surface area (Å²) in [7, 11) is -1.59. The smallest absolute Gasteiger partial charge is 0.191 e. The van der Waals surface area contributed by atoms with Crippen LogP contribution in [0.1, 0.15) is 32.8 Å². The Morgan fingerprint density at radius 1 is 1.15 bits per heavy atom. The van der Waals surface area contributed by atoms with Crippen LogP contribution in [0.25, 0.3) is 10.9 Å². The topological polar surface area (TPSA) is 25.0 Å². The number of benzene rings is 1. The van der Waals surface area contributed by atoms with Crippen LogP contribution in [0.5, 0.6) is 0 Å². The van der Waals surface area contributed by atoms with Gasteiger partial charge in [0.2, 0.25) is 0 Å². The maximum atomic E-state index is 6.24. The van der Waals surface area contributed by atoms with Gasteiger partial charge < -0.3 is 9.41 Å². The summed E-state index contributed by atoms with van der Waals surface area (Å²) in [5.41, 5.74) is 2.65. The molecule has 20 heavy (non-hydrogen) atoms. The van der Waals surface area contributed by atoms with Gasteiger partial charge in [-0.05, 0) is 48.7 Å². The quantitative estimate of drug-likeness (QED) is 0.599. The second kappa shape index (κ2) is 5.74. The first-order chi connectivity index (χ1) is 9.31. The Kier molecular flexibility index (Phi) is 4.40. The zero-order valence-corrected chi connectivity index (χ0v) is 14.4. The number of aromatic amines is 1. The Hall–Kier alpha value is -1.06. The molecule has 0 amide bonds. The van der Waals surface area contributed by atoms with E-state index in [1.807, 2.05) is 6.20 Å². The summed E-state index contributed by atoms with van der Waals surface area (Å²) in [6, 6.07) is 8.65. The molecule has 0 bridgehead atoms. The Balaban J connectivity index is 1.89. The van der Waals surface area contributed by atoms with Crippen molar-refractivity contribution < 1.29 is 4.43 Å². The van der Waals surface area contributed by atoms with Crippen molar-refractivity contribution in [2.45, 2.75) is 51.7 Å². The molecule has 0 spiro atoms. The standard InChI is InChI=1S/C17H27NOSi/c1-17(2,3)20(4,5)19-13-7-9-14-8-6-10-16-15(14)11-12-18-16/h6,8,10-12,18H,7,9,13H2,1-5H3. The van der Waals surface area contributed by atoms with Gasteiger partial charge in [-0.15, -0.1) is 0 Å². The summed E-state index contributed by atoms with van der Waals surface area (Å²) in [6.07, 6.45) is 4.20.